The number of rotatable bonds is 3. The van der Waals surface area contributed by atoms with Crippen LogP contribution in [0, 0.1) is 20.2 Å². The highest BCUT2D eigenvalue weighted by molar-refractivity contribution is 6.33. The van der Waals surface area contributed by atoms with E-state index in [1.807, 2.05) is 0 Å². The van der Waals surface area contributed by atoms with E-state index in [1.165, 1.54) is 6.07 Å². The lowest BCUT2D eigenvalue weighted by Gasteiger charge is -2.07. The van der Waals surface area contributed by atoms with Crippen LogP contribution in [0.15, 0.2) is 12.1 Å². The maximum Gasteiger partial charge on any atom is 0.295 e. The zero-order valence-electron chi connectivity index (χ0n) is 8.64. The molecule has 0 heterocycles. The summed E-state index contributed by atoms with van der Waals surface area (Å²) in [6, 6.07) is 2.13. The highest BCUT2D eigenvalue weighted by Gasteiger charge is 2.23. The maximum absolute atomic E-state index is 10.7. The average Bonchev–Trinajstić information content (AvgIpc) is 2.16. The van der Waals surface area contributed by atoms with Gasteiger partial charge in [0.1, 0.15) is 5.02 Å². The molecule has 0 aliphatic rings. The van der Waals surface area contributed by atoms with Crippen LogP contribution in [0.25, 0.3) is 0 Å². The highest BCUT2D eigenvalue weighted by atomic mass is 35.5. The summed E-state index contributed by atoms with van der Waals surface area (Å²) in [5.41, 5.74) is -0.345. The van der Waals surface area contributed by atoms with Gasteiger partial charge in [-0.3, -0.25) is 20.2 Å². The molecule has 0 unspecified atom stereocenters. The summed E-state index contributed by atoms with van der Waals surface area (Å²) >= 11 is 5.81. The summed E-state index contributed by atoms with van der Waals surface area (Å²) in [6.45, 7) is 3.52. The summed E-state index contributed by atoms with van der Waals surface area (Å²) in [5, 5.41) is 21.2. The number of hydrogen-bond acceptors (Lipinski definition) is 4. The smallest absolute Gasteiger partial charge is 0.258 e. The zero-order valence-corrected chi connectivity index (χ0v) is 9.39. The molecule has 0 saturated carbocycles. The highest BCUT2D eigenvalue weighted by Crippen LogP contribution is 2.36. The maximum atomic E-state index is 10.7. The van der Waals surface area contributed by atoms with Gasteiger partial charge in [0, 0.05) is 6.07 Å². The molecule has 0 aliphatic heterocycles. The number of nitrogens with zero attached hydrogens (tertiary/aromatic N) is 2. The Morgan fingerprint density at radius 3 is 2.12 bits per heavy atom. The van der Waals surface area contributed by atoms with E-state index in [0.717, 1.165) is 6.07 Å². The average molecular weight is 245 g/mol. The Balaban J connectivity index is 3.51. The van der Waals surface area contributed by atoms with E-state index in [9.17, 15) is 20.2 Å². The third-order valence-corrected chi connectivity index (χ3v) is 2.51. The zero-order chi connectivity index (χ0) is 12.5. The molecule has 1 rings (SSSR count). The molecular weight excluding hydrogens is 236 g/mol. The molecule has 0 saturated heterocycles. The van der Waals surface area contributed by atoms with E-state index in [0.29, 0.717) is 5.56 Å². The number of hydrogen-bond donors (Lipinski definition) is 0. The minimum absolute atomic E-state index is 0.0365. The molecular formula is C9H9ClN2O4. The van der Waals surface area contributed by atoms with Crippen LogP contribution in [-0.4, -0.2) is 9.85 Å². The van der Waals surface area contributed by atoms with Crippen molar-refractivity contribution < 1.29 is 9.85 Å². The lowest BCUT2D eigenvalue weighted by Crippen LogP contribution is -1.98. The predicted molar refractivity (Wildman–Crippen MR) is 58.8 cm³/mol. The second-order valence-electron chi connectivity index (χ2n) is 3.54. The van der Waals surface area contributed by atoms with E-state index < -0.39 is 15.5 Å². The Bertz CT molecular complexity index is 459. The van der Waals surface area contributed by atoms with Gasteiger partial charge in [-0.1, -0.05) is 25.4 Å². The Morgan fingerprint density at radius 2 is 1.75 bits per heavy atom. The van der Waals surface area contributed by atoms with Gasteiger partial charge in [-0.2, -0.15) is 0 Å². The van der Waals surface area contributed by atoms with Gasteiger partial charge in [0.15, 0.2) is 0 Å². The molecule has 86 valence electrons. The third kappa shape index (κ3) is 2.27. The van der Waals surface area contributed by atoms with Crippen LogP contribution in [0.4, 0.5) is 11.4 Å². The summed E-state index contributed by atoms with van der Waals surface area (Å²) < 4.78 is 0. The molecule has 0 radical (unpaired) electrons. The first kappa shape index (κ1) is 12.4. The Labute approximate surface area is 96.1 Å². The molecule has 0 aromatic heterocycles. The van der Waals surface area contributed by atoms with Crippen LogP contribution in [0.3, 0.4) is 0 Å². The first-order chi connectivity index (χ1) is 7.34. The van der Waals surface area contributed by atoms with Gasteiger partial charge in [0.2, 0.25) is 0 Å². The molecule has 6 nitrogen and oxygen atoms in total. The molecule has 0 N–H and O–H groups in total. The number of benzene rings is 1. The Hall–Kier alpha value is -1.69. The molecule has 0 aliphatic carbocycles. The normalized spacial score (nSPS) is 10.5. The van der Waals surface area contributed by atoms with E-state index in [2.05, 4.69) is 0 Å². The predicted octanol–water partition coefficient (Wildman–Crippen LogP) is 3.28. The Morgan fingerprint density at radius 1 is 1.19 bits per heavy atom. The van der Waals surface area contributed by atoms with Crippen molar-refractivity contribution in [3.8, 4) is 0 Å². The van der Waals surface area contributed by atoms with E-state index in [1.54, 1.807) is 13.8 Å². The number of non-ortho nitro benzene ring substituents is 1. The minimum Gasteiger partial charge on any atom is -0.258 e. The van der Waals surface area contributed by atoms with Crippen LogP contribution in [-0.2, 0) is 0 Å². The van der Waals surface area contributed by atoms with Crippen molar-refractivity contribution >= 4 is 23.0 Å². The van der Waals surface area contributed by atoms with Gasteiger partial charge in [-0.25, -0.2) is 0 Å². The second-order valence-corrected chi connectivity index (χ2v) is 3.91. The molecule has 1 aromatic carbocycles. The fourth-order valence-electron chi connectivity index (χ4n) is 1.27. The molecule has 0 bridgehead atoms. The van der Waals surface area contributed by atoms with Gasteiger partial charge in [-0.15, -0.1) is 0 Å². The van der Waals surface area contributed by atoms with E-state index >= 15 is 0 Å². The molecule has 0 fully saturated rings. The number of halogens is 1. The molecule has 16 heavy (non-hydrogen) atoms. The third-order valence-electron chi connectivity index (χ3n) is 2.10. The SMILES string of the molecule is CC(C)c1cc([N+](=O)[O-])cc([N+](=O)[O-])c1Cl. The van der Waals surface area contributed by atoms with Crippen LogP contribution in [0.5, 0.6) is 0 Å². The fourth-order valence-corrected chi connectivity index (χ4v) is 1.67. The minimum atomic E-state index is -0.721. The lowest BCUT2D eigenvalue weighted by atomic mass is 10.0. The van der Waals surface area contributed by atoms with Gasteiger partial charge in [0.05, 0.1) is 15.9 Å². The summed E-state index contributed by atoms with van der Waals surface area (Å²) in [4.78, 5) is 19.9. The van der Waals surface area contributed by atoms with Crippen molar-refractivity contribution in [2.75, 3.05) is 0 Å². The molecule has 1 aromatic rings. The van der Waals surface area contributed by atoms with Crippen molar-refractivity contribution in [2.45, 2.75) is 19.8 Å². The first-order valence-corrected chi connectivity index (χ1v) is 4.84. The van der Waals surface area contributed by atoms with Crippen LogP contribution < -0.4 is 0 Å². The standard InChI is InChI=1S/C9H9ClN2O4/c1-5(2)7-3-6(11(13)14)4-8(9(7)10)12(15)16/h3-5H,1-2H3. The molecule has 0 atom stereocenters. The number of nitro benzene ring substituents is 2. The van der Waals surface area contributed by atoms with Crippen molar-refractivity contribution in [1.29, 1.82) is 0 Å². The van der Waals surface area contributed by atoms with Crippen molar-refractivity contribution in [1.82, 2.24) is 0 Å². The van der Waals surface area contributed by atoms with Gasteiger partial charge >= 0.3 is 0 Å². The lowest BCUT2D eigenvalue weighted by molar-refractivity contribution is -0.394. The van der Waals surface area contributed by atoms with E-state index in [4.69, 9.17) is 11.6 Å². The second kappa shape index (κ2) is 4.44. The van der Waals surface area contributed by atoms with Crippen molar-refractivity contribution in [3.05, 3.63) is 42.9 Å². The van der Waals surface area contributed by atoms with E-state index in [-0.39, 0.29) is 16.6 Å². The molecule has 0 amide bonds. The summed E-state index contributed by atoms with van der Waals surface area (Å²) in [7, 11) is 0. The quantitative estimate of drug-likeness (QED) is 0.603. The first-order valence-electron chi connectivity index (χ1n) is 4.46. The molecule has 7 heteroatoms. The summed E-state index contributed by atoms with van der Waals surface area (Å²) in [5.74, 6) is -0.119. The fraction of sp³-hybridized carbons (Fsp3) is 0.333. The topological polar surface area (TPSA) is 86.3 Å². The summed E-state index contributed by atoms with van der Waals surface area (Å²) in [6.07, 6.45) is 0. The number of nitro groups is 2. The molecule has 0 spiro atoms. The van der Waals surface area contributed by atoms with Crippen LogP contribution in [0.2, 0.25) is 5.02 Å². The van der Waals surface area contributed by atoms with Crippen LogP contribution >= 0.6 is 11.6 Å². The van der Waals surface area contributed by atoms with Gasteiger partial charge < -0.3 is 0 Å². The Kier molecular flexibility index (Phi) is 3.44. The van der Waals surface area contributed by atoms with Gasteiger partial charge in [0.25, 0.3) is 11.4 Å². The van der Waals surface area contributed by atoms with Crippen molar-refractivity contribution in [3.63, 3.8) is 0 Å². The monoisotopic (exact) mass is 244 g/mol. The largest absolute Gasteiger partial charge is 0.295 e. The van der Waals surface area contributed by atoms with Gasteiger partial charge in [-0.05, 0) is 11.5 Å². The van der Waals surface area contributed by atoms with Crippen LogP contribution in [0.1, 0.15) is 25.3 Å². The van der Waals surface area contributed by atoms with Crippen molar-refractivity contribution in [2.24, 2.45) is 0 Å².